The number of nitro benzene ring substituents is 1. The molecule has 0 aliphatic carbocycles. The smallest absolute Gasteiger partial charge is 0.270 e. The highest BCUT2D eigenvalue weighted by atomic mass is 32.1. The van der Waals surface area contributed by atoms with Gasteiger partial charge in [-0.1, -0.05) is 36.4 Å². The minimum Gasteiger partial charge on any atom is -0.344 e. The monoisotopic (exact) mass is 427 g/mol. The zero-order chi connectivity index (χ0) is 21.4. The van der Waals surface area contributed by atoms with Gasteiger partial charge in [-0.2, -0.15) is 5.10 Å². The fraction of sp³-hybridized carbons (Fsp3) is 0.0435. The highest BCUT2D eigenvalue weighted by Gasteiger charge is 2.10. The van der Waals surface area contributed by atoms with E-state index in [0.29, 0.717) is 16.4 Å². The molecule has 2 aromatic heterocycles. The Kier molecular flexibility index (Phi) is 4.68. The Morgan fingerprint density at radius 1 is 1.06 bits per heavy atom. The van der Waals surface area contributed by atoms with E-state index in [1.54, 1.807) is 18.3 Å². The van der Waals surface area contributed by atoms with E-state index in [1.165, 1.54) is 45.3 Å². The summed E-state index contributed by atoms with van der Waals surface area (Å²) in [7, 11) is 2.07. The van der Waals surface area contributed by atoms with Crippen LogP contribution in [-0.2, 0) is 7.05 Å². The lowest BCUT2D eigenvalue weighted by Crippen LogP contribution is -1.91. The van der Waals surface area contributed by atoms with Crippen LogP contribution < -0.4 is 5.43 Å². The summed E-state index contributed by atoms with van der Waals surface area (Å²) in [6, 6.07) is 21.0. The average molecular weight is 427 g/mol. The Morgan fingerprint density at radius 3 is 2.77 bits per heavy atom. The van der Waals surface area contributed by atoms with Gasteiger partial charge in [-0.05, 0) is 23.8 Å². The minimum atomic E-state index is -0.411. The summed E-state index contributed by atoms with van der Waals surface area (Å²) in [6.07, 6.45) is 1.76. The van der Waals surface area contributed by atoms with E-state index in [4.69, 9.17) is 0 Å². The Balaban J connectivity index is 1.36. The van der Waals surface area contributed by atoms with Gasteiger partial charge in [0.15, 0.2) is 0 Å². The molecule has 2 heterocycles. The van der Waals surface area contributed by atoms with Crippen molar-refractivity contribution in [2.75, 3.05) is 5.43 Å². The highest BCUT2D eigenvalue weighted by molar-refractivity contribution is 7.14. The van der Waals surface area contributed by atoms with Crippen molar-refractivity contribution >= 4 is 50.2 Å². The fourth-order valence-corrected chi connectivity index (χ4v) is 4.33. The molecule has 0 aliphatic rings. The number of anilines is 1. The molecule has 5 aromatic rings. The molecule has 5 rings (SSSR count). The Hall–Kier alpha value is -4.04. The van der Waals surface area contributed by atoms with Gasteiger partial charge in [0.1, 0.15) is 0 Å². The lowest BCUT2D eigenvalue weighted by atomic mass is 10.1. The molecule has 0 spiro atoms. The molecular formula is C23H17N5O2S. The lowest BCUT2D eigenvalue weighted by Gasteiger charge is -1.99. The first-order valence-electron chi connectivity index (χ1n) is 9.57. The van der Waals surface area contributed by atoms with E-state index in [-0.39, 0.29) is 5.69 Å². The van der Waals surface area contributed by atoms with E-state index < -0.39 is 4.92 Å². The van der Waals surface area contributed by atoms with Gasteiger partial charge in [-0.15, -0.1) is 11.3 Å². The number of fused-ring (bicyclic) bond motifs is 3. The highest BCUT2D eigenvalue weighted by Crippen LogP contribution is 2.29. The summed E-state index contributed by atoms with van der Waals surface area (Å²) in [4.78, 5) is 15.0. The molecule has 0 unspecified atom stereocenters. The quantitative estimate of drug-likeness (QED) is 0.218. The molecule has 152 valence electrons. The lowest BCUT2D eigenvalue weighted by molar-refractivity contribution is -0.384. The molecule has 7 nitrogen and oxygen atoms in total. The van der Waals surface area contributed by atoms with E-state index >= 15 is 0 Å². The van der Waals surface area contributed by atoms with Crippen molar-refractivity contribution in [1.29, 1.82) is 0 Å². The molecule has 0 saturated carbocycles. The van der Waals surface area contributed by atoms with Crippen molar-refractivity contribution < 1.29 is 4.92 Å². The number of nitro groups is 1. The maximum Gasteiger partial charge on any atom is 0.270 e. The number of nitrogens with zero attached hydrogens (tertiary/aromatic N) is 4. The number of hydrogen-bond donors (Lipinski definition) is 1. The van der Waals surface area contributed by atoms with Crippen LogP contribution in [0.1, 0.15) is 5.56 Å². The van der Waals surface area contributed by atoms with Crippen LogP contribution in [0.15, 0.2) is 77.2 Å². The van der Waals surface area contributed by atoms with Gasteiger partial charge in [-0.3, -0.25) is 15.5 Å². The molecule has 0 saturated heterocycles. The van der Waals surface area contributed by atoms with Gasteiger partial charge in [0.05, 0.1) is 16.8 Å². The molecule has 0 fully saturated rings. The second kappa shape index (κ2) is 7.66. The molecule has 8 heteroatoms. The van der Waals surface area contributed by atoms with Crippen LogP contribution in [0, 0.1) is 10.1 Å². The first kappa shape index (κ1) is 19.0. The number of non-ortho nitro benzene ring substituents is 1. The van der Waals surface area contributed by atoms with Crippen molar-refractivity contribution in [2.45, 2.75) is 0 Å². The Bertz CT molecular complexity index is 1470. The molecule has 0 amide bonds. The third kappa shape index (κ3) is 3.53. The molecule has 1 N–H and O–H groups in total. The summed E-state index contributed by atoms with van der Waals surface area (Å²) >= 11 is 1.39. The number of aryl methyl sites for hydroxylation is 1. The fourth-order valence-electron chi connectivity index (χ4n) is 3.66. The maximum absolute atomic E-state index is 11.0. The summed E-state index contributed by atoms with van der Waals surface area (Å²) in [5, 5.41) is 20.2. The van der Waals surface area contributed by atoms with Crippen molar-refractivity contribution in [1.82, 2.24) is 9.55 Å². The number of benzene rings is 3. The van der Waals surface area contributed by atoms with Crippen LogP contribution in [0.4, 0.5) is 10.8 Å². The number of hydrogen-bond acceptors (Lipinski definition) is 6. The van der Waals surface area contributed by atoms with Crippen molar-refractivity contribution in [3.05, 3.63) is 87.8 Å². The minimum absolute atomic E-state index is 0.0434. The van der Waals surface area contributed by atoms with E-state index in [1.807, 2.05) is 23.6 Å². The molecule has 0 aliphatic heterocycles. The second-order valence-electron chi connectivity index (χ2n) is 7.07. The number of rotatable bonds is 5. The first-order valence-corrected chi connectivity index (χ1v) is 10.4. The van der Waals surface area contributed by atoms with Crippen molar-refractivity contribution in [3.8, 4) is 11.3 Å². The predicted molar refractivity (Wildman–Crippen MR) is 126 cm³/mol. The van der Waals surface area contributed by atoms with Crippen LogP contribution in [0.3, 0.4) is 0 Å². The van der Waals surface area contributed by atoms with E-state index in [0.717, 1.165) is 5.56 Å². The number of aromatic nitrogens is 2. The molecule has 31 heavy (non-hydrogen) atoms. The molecule has 0 bridgehead atoms. The number of para-hydroxylation sites is 1. The summed E-state index contributed by atoms with van der Waals surface area (Å²) in [5.41, 5.74) is 7.71. The maximum atomic E-state index is 11.0. The standard InChI is InChI=1S/C23H17N5O2S/c1-27-21-8-3-2-7-18(21)19-11-15(9-10-22(19)27)13-24-26-23-25-20(14-31-23)16-5-4-6-17(12-16)28(29)30/h2-14H,1H3,(H,25,26). The van der Waals surface area contributed by atoms with Crippen LogP contribution in [0.5, 0.6) is 0 Å². The largest absolute Gasteiger partial charge is 0.344 e. The zero-order valence-corrected chi connectivity index (χ0v) is 17.3. The van der Waals surface area contributed by atoms with Crippen molar-refractivity contribution in [2.24, 2.45) is 12.1 Å². The van der Waals surface area contributed by atoms with Crippen LogP contribution >= 0.6 is 11.3 Å². The van der Waals surface area contributed by atoms with Crippen LogP contribution in [0.25, 0.3) is 33.1 Å². The predicted octanol–water partition coefficient (Wildman–Crippen LogP) is 5.81. The first-order chi connectivity index (χ1) is 15.1. The van der Waals surface area contributed by atoms with Gasteiger partial charge >= 0.3 is 0 Å². The molecule has 0 radical (unpaired) electrons. The average Bonchev–Trinajstić information content (AvgIpc) is 3.38. The van der Waals surface area contributed by atoms with Gasteiger partial charge in [0, 0.05) is 51.9 Å². The zero-order valence-electron chi connectivity index (χ0n) is 16.5. The van der Waals surface area contributed by atoms with Crippen LogP contribution in [0.2, 0.25) is 0 Å². The van der Waals surface area contributed by atoms with Gasteiger partial charge in [0.2, 0.25) is 5.13 Å². The van der Waals surface area contributed by atoms with Crippen molar-refractivity contribution in [3.63, 3.8) is 0 Å². The SMILES string of the molecule is Cn1c2ccccc2c2cc(C=NNc3nc(-c4cccc([N+](=O)[O-])c4)cs3)ccc21. The normalized spacial score (nSPS) is 11.5. The molecule has 3 aromatic carbocycles. The van der Waals surface area contributed by atoms with E-state index in [2.05, 4.69) is 51.4 Å². The van der Waals surface area contributed by atoms with Gasteiger partial charge < -0.3 is 4.57 Å². The summed E-state index contributed by atoms with van der Waals surface area (Å²) < 4.78 is 2.19. The summed E-state index contributed by atoms with van der Waals surface area (Å²) in [6.45, 7) is 0. The summed E-state index contributed by atoms with van der Waals surface area (Å²) in [5.74, 6) is 0. The number of hydrazone groups is 1. The third-order valence-electron chi connectivity index (χ3n) is 5.17. The van der Waals surface area contributed by atoms with Crippen LogP contribution in [-0.4, -0.2) is 20.7 Å². The topological polar surface area (TPSA) is 85.3 Å². The molecular weight excluding hydrogens is 410 g/mol. The second-order valence-corrected chi connectivity index (χ2v) is 7.93. The van der Waals surface area contributed by atoms with E-state index in [9.17, 15) is 10.1 Å². The number of nitrogens with one attached hydrogen (secondary N) is 1. The van der Waals surface area contributed by atoms with Gasteiger partial charge in [0.25, 0.3) is 5.69 Å². The number of thiazole rings is 1. The third-order valence-corrected chi connectivity index (χ3v) is 5.92. The Labute approximate surface area is 181 Å². The van der Waals surface area contributed by atoms with Gasteiger partial charge in [-0.25, -0.2) is 4.98 Å². The molecule has 0 atom stereocenters. The Morgan fingerprint density at radius 2 is 1.90 bits per heavy atom.